The summed E-state index contributed by atoms with van der Waals surface area (Å²) in [6.45, 7) is 0. The standard InChI is InChI=1S/C18H19ClF4N2O2S/c1-28(26,27)15-9-24-17(25-15)16(11-4-7-14(20)13(19)8-11)10-2-5-12(6-3-10)18(21,22)23/h4,7-10,12,16H,2-3,5-6H2,1H3,(H,24,25). The van der Waals surface area contributed by atoms with Gasteiger partial charge in [-0.15, -0.1) is 0 Å². The maximum absolute atomic E-state index is 13.6. The van der Waals surface area contributed by atoms with Gasteiger partial charge in [-0.2, -0.15) is 13.2 Å². The van der Waals surface area contributed by atoms with Crippen molar-refractivity contribution in [3.63, 3.8) is 0 Å². The number of alkyl halides is 3. The SMILES string of the molecule is CS(=O)(=O)c1cnc(C(c2ccc(F)c(Cl)c2)C2CCC(C(F)(F)F)CC2)[nH]1. The van der Waals surface area contributed by atoms with Gasteiger partial charge < -0.3 is 4.98 Å². The molecule has 1 unspecified atom stereocenters. The molecule has 154 valence electrons. The van der Waals surface area contributed by atoms with Crippen LogP contribution in [0.1, 0.15) is 43.0 Å². The van der Waals surface area contributed by atoms with Crippen molar-refractivity contribution in [1.82, 2.24) is 9.97 Å². The van der Waals surface area contributed by atoms with E-state index in [-0.39, 0.29) is 28.8 Å². The zero-order chi connectivity index (χ0) is 20.7. The Hall–Kier alpha value is -1.61. The molecule has 1 saturated carbocycles. The summed E-state index contributed by atoms with van der Waals surface area (Å²) in [5, 5.41) is -0.189. The summed E-state index contributed by atoms with van der Waals surface area (Å²) in [7, 11) is -3.52. The number of benzene rings is 1. The van der Waals surface area contributed by atoms with E-state index in [1.165, 1.54) is 24.4 Å². The molecule has 2 aromatic rings. The topological polar surface area (TPSA) is 62.8 Å². The van der Waals surface area contributed by atoms with Crippen LogP contribution in [0, 0.1) is 17.7 Å². The molecular formula is C18H19ClF4N2O2S. The molecule has 4 nitrogen and oxygen atoms in total. The van der Waals surface area contributed by atoms with Crippen molar-refractivity contribution in [2.45, 2.75) is 42.8 Å². The molecule has 1 aromatic heterocycles. The largest absolute Gasteiger partial charge is 0.391 e. The summed E-state index contributed by atoms with van der Waals surface area (Å²) in [4.78, 5) is 6.93. The van der Waals surface area contributed by atoms with E-state index < -0.39 is 33.7 Å². The summed E-state index contributed by atoms with van der Waals surface area (Å²) in [5.74, 6) is -2.36. The summed E-state index contributed by atoms with van der Waals surface area (Å²) < 4.78 is 76.1. The highest BCUT2D eigenvalue weighted by Crippen LogP contribution is 2.45. The number of imidazole rings is 1. The molecule has 1 fully saturated rings. The molecule has 1 aliphatic carbocycles. The molecule has 0 aliphatic heterocycles. The van der Waals surface area contributed by atoms with Crippen LogP contribution in [-0.2, 0) is 9.84 Å². The highest BCUT2D eigenvalue weighted by molar-refractivity contribution is 7.90. The monoisotopic (exact) mass is 438 g/mol. The van der Waals surface area contributed by atoms with E-state index in [0.29, 0.717) is 24.2 Å². The Labute approximate surface area is 165 Å². The Bertz CT molecular complexity index is 951. The minimum absolute atomic E-state index is 0.0146. The maximum atomic E-state index is 13.6. The molecule has 1 aromatic carbocycles. The number of halogens is 5. The number of hydrogen-bond donors (Lipinski definition) is 1. The number of H-pyrrole nitrogens is 1. The van der Waals surface area contributed by atoms with Gasteiger partial charge in [0, 0.05) is 12.2 Å². The average molecular weight is 439 g/mol. The maximum Gasteiger partial charge on any atom is 0.391 e. The second-order valence-electron chi connectivity index (χ2n) is 7.21. The molecule has 1 N–H and O–H groups in total. The second-order valence-corrected chi connectivity index (χ2v) is 9.60. The van der Waals surface area contributed by atoms with Crippen LogP contribution >= 0.6 is 11.6 Å². The van der Waals surface area contributed by atoms with E-state index in [2.05, 4.69) is 9.97 Å². The minimum Gasteiger partial charge on any atom is -0.333 e. The number of rotatable bonds is 4. The first-order valence-electron chi connectivity index (χ1n) is 8.73. The van der Waals surface area contributed by atoms with E-state index >= 15 is 0 Å². The lowest BCUT2D eigenvalue weighted by Crippen LogP contribution is -2.30. The van der Waals surface area contributed by atoms with E-state index in [1.807, 2.05) is 0 Å². The predicted octanol–water partition coefficient (Wildman–Crippen LogP) is 5.11. The zero-order valence-electron chi connectivity index (χ0n) is 14.9. The Kier molecular flexibility index (Phi) is 5.78. The molecule has 10 heteroatoms. The van der Waals surface area contributed by atoms with Crippen molar-refractivity contribution in [1.29, 1.82) is 0 Å². The van der Waals surface area contributed by atoms with Crippen LogP contribution in [0.15, 0.2) is 29.4 Å². The fraction of sp³-hybridized carbons (Fsp3) is 0.500. The van der Waals surface area contributed by atoms with Gasteiger partial charge in [0.05, 0.1) is 17.1 Å². The molecular weight excluding hydrogens is 420 g/mol. The Morgan fingerprint density at radius 3 is 2.36 bits per heavy atom. The van der Waals surface area contributed by atoms with Crippen molar-refractivity contribution in [2.75, 3.05) is 6.26 Å². The van der Waals surface area contributed by atoms with Crippen molar-refractivity contribution in [3.8, 4) is 0 Å². The van der Waals surface area contributed by atoms with Crippen molar-refractivity contribution in [3.05, 3.63) is 46.6 Å². The summed E-state index contributed by atoms with van der Waals surface area (Å²) in [6, 6.07) is 4.11. The molecule has 0 amide bonds. The third-order valence-corrected chi connectivity index (χ3v) is 6.57. The molecule has 0 saturated heterocycles. The quantitative estimate of drug-likeness (QED) is 0.675. The first-order valence-corrected chi connectivity index (χ1v) is 11.0. The number of nitrogens with one attached hydrogen (secondary N) is 1. The number of hydrogen-bond acceptors (Lipinski definition) is 3. The van der Waals surface area contributed by atoms with Gasteiger partial charge in [0.25, 0.3) is 0 Å². The lowest BCUT2D eigenvalue weighted by Gasteiger charge is -2.34. The first kappa shape index (κ1) is 21.1. The van der Waals surface area contributed by atoms with Crippen LogP contribution in [0.25, 0.3) is 0 Å². The molecule has 0 radical (unpaired) electrons. The van der Waals surface area contributed by atoms with Crippen LogP contribution in [0.5, 0.6) is 0 Å². The lowest BCUT2D eigenvalue weighted by atomic mass is 9.73. The van der Waals surface area contributed by atoms with Crippen LogP contribution < -0.4 is 0 Å². The van der Waals surface area contributed by atoms with Crippen LogP contribution in [0.2, 0.25) is 5.02 Å². The van der Waals surface area contributed by atoms with Crippen molar-refractivity contribution in [2.24, 2.45) is 11.8 Å². The fourth-order valence-electron chi connectivity index (χ4n) is 3.80. The summed E-state index contributed by atoms with van der Waals surface area (Å²) in [6.07, 6.45) is -1.46. The highest BCUT2D eigenvalue weighted by Gasteiger charge is 2.43. The van der Waals surface area contributed by atoms with Crippen LogP contribution in [0.3, 0.4) is 0 Å². The molecule has 1 atom stereocenters. The summed E-state index contributed by atoms with van der Waals surface area (Å²) in [5.41, 5.74) is 0.580. The Balaban J connectivity index is 1.96. The summed E-state index contributed by atoms with van der Waals surface area (Å²) >= 11 is 5.89. The number of aromatic nitrogens is 2. The third kappa shape index (κ3) is 4.51. The van der Waals surface area contributed by atoms with Gasteiger partial charge in [-0.1, -0.05) is 17.7 Å². The van der Waals surface area contributed by atoms with Gasteiger partial charge in [-0.05, 0) is 49.3 Å². The molecule has 1 aliphatic rings. The van der Waals surface area contributed by atoms with Crippen molar-refractivity contribution < 1.29 is 26.0 Å². The zero-order valence-corrected chi connectivity index (χ0v) is 16.5. The Morgan fingerprint density at radius 2 is 1.86 bits per heavy atom. The van der Waals surface area contributed by atoms with E-state index in [4.69, 9.17) is 11.6 Å². The van der Waals surface area contributed by atoms with Crippen LogP contribution in [-0.4, -0.2) is 30.8 Å². The predicted molar refractivity (Wildman–Crippen MR) is 96.5 cm³/mol. The van der Waals surface area contributed by atoms with Gasteiger partial charge in [-0.25, -0.2) is 17.8 Å². The smallest absolute Gasteiger partial charge is 0.333 e. The fourth-order valence-corrected chi connectivity index (χ4v) is 4.53. The average Bonchev–Trinajstić information content (AvgIpc) is 3.08. The second kappa shape index (κ2) is 7.67. The van der Waals surface area contributed by atoms with E-state index in [9.17, 15) is 26.0 Å². The van der Waals surface area contributed by atoms with Gasteiger partial charge in [-0.3, -0.25) is 0 Å². The van der Waals surface area contributed by atoms with Crippen molar-refractivity contribution >= 4 is 21.4 Å². The van der Waals surface area contributed by atoms with Gasteiger partial charge >= 0.3 is 6.18 Å². The van der Waals surface area contributed by atoms with Crippen LogP contribution in [0.4, 0.5) is 17.6 Å². The minimum atomic E-state index is -4.23. The number of aromatic amines is 1. The highest BCUT2D eigenvalue weighted by atomic mass is 35.5. The van der Waals surface area contributed by atoms with Gasteiger partial charge in [0.1, 0.15) is 11.6 Å². The van der Waals surface area contributed by atoms with E-state index in [0.717, 1.165) is 6.26 Å². The number of sulfone groups is 1. The lowest BCUT2D eigenvalue weighted by molar-refractivity contribution is -0.184. The third-order valence-electron chi connectivity index (χ3n) is 5.28. The first-order chi connectivity index (χ1) is 13.0. The molecule has 3 rings (SSSR count). The molecule has 0 spiro atoms. The molecule has 28 heavy (non-hydrogen) atoms. The van der Waals surface area contributed by atoms with Gasteiger partial charge in [0.2, 0.25) is 0 Å². The normalized spacial score (nSPS) is 22.2. The number of nitrogens with zero attached hydrogens (tertiary/aromatic N) is 1. The molecule has 1 heterocycles. The van der Waals surface area contributed by atoms with Gasteiger partial charge in [0.15, 0.2) is 14.9 Å². The Morgan fingerprint density at radius 1 is 1.21 bits per heavy atom. The molecule has 0 bridgehead atoms. The van der Waals surface area contributed by atoms with E-state index in [1.54, 1.807) is 0 Å².